The van der Waals surface area contributed by atoms with E-state index in [1.165, 1.54) is 26.2 Å². The van der Waals surface area contributed by atoms with Gasteiger partial charge in [-0.2, -0.15) is 0 Å². The molecule has 8 heteroatoms. The number of nitrogens with two attached hydrogens (primary N) is 1. The molecule has 1 rings (SSSR count). The van der Waals surface area contributed by atoms with Crippen molar-refractivity contribution in [2.45, 2.75) is 78.4 Å². The number of hydrogen-bond acceptors (Lipinski definition) is 4. The Kier molecular flexibility index (Phi) is 11.8. The molecule has 1 aliphatic carbocycles. The van der Waals surface area contributed by atoms with Crippen molar-refractivity contribution in [3.8, 4) is 0 Å². The van der Waals surface area contributed by atoms with E-state index in [4.69, 9.17) is 5.73 Å². The van der Waals surface area contributed by atoms with E-state index in [1.54, 1.807) is 13.8 Å². The van der Waals surface area contributed by atoms with Crippen molar-refractivity contribution in [1.82, 2.24) is 10.6 Å². The summed E-state index contributed by atoms with van der Waals surface area (Å²) in [5.41, 5.74) is 5.21. The van der Waals surface area contributed by atoms with Crippen molar-refractivity contribution in [2.24, 2.45) is 23.5 Å². The largest absolute Gasteiger partial charge is 1.00 e. The zero-order chi connectivity index (χ0) is 19.9. The van der Waals surface area contributed by atoms with Crippen LogP contribution >= 0.6 is 0 Å². The third kappa shape index (κ3) is 8.61. The molecular formula is C19H34N3O4Os. The van der Waals surface area contributed by atoms with Crippen LogP contribution in [-0.2, 0) is 34.2 Å². The molecule has 3 amide bonds. The van der Waals surface area contributed by atoms with Crippen LogP contribution in [0.1, 0.15) is 66.2 Å². The average Bonchev–Trinajstić information content (AvgIpc) is 2.56. The van der Waals surface area contributed by atoms with Gasteiger partial charge >= 0.3 is 19.8 Å². The standard InChI is InChI=1S/C19H34N3O4.Os/c1-11(2)15(19(26)22-16(13(4)23)17(20)24)21-18(25)12(3)10-14-8-6-5-7-9-14;/h11-14,16,23H,5-10H2,1-4H3,(H2,20,24)(H,21,25)(H,22,26);/q-1;+1/t12-,13+,16-;/m0./s1. The molecule has 0 spiro atoms. The van der Waals surface area contributed by atoms with Crippen LogP contribution in [0.4, 0.5) is 0 Å². The summed E-state index contributed by atoms with van der Waals surface area (Å²) in [6.07, 6.45) is 5.73. The Morgan fingerprint density at radius 3 is 2.11 bits per heavy atom. The van der Waals surface area contributed by atoms with Crippen molar-refractivity contribution >= 4 is 17.7 Å². The summed E-state index contributed by atoms with van der Waals surface area (Å²) in [5.74, 6) is -1.49. The Morgan fingerprint density at radius 2 is 1.67 bits per heavy atom. The second-order valence-electron chi connectivity index (χ2n) is 7.79. The molecule has 1 radical (unpaired) electrons. The molecule has 5 N–H and O–H groups in total. The van der Waals surface area contributed by atoms with E-state index < -0.39 is 24.0 Å². The molecule has 3 atom stereocenters. The van der Waals surface area contributed by atoms with Crippen molar-refractivity contribution in [2.75, 3.05) is 0 Å². The number of carbonyl (C=O) groups is 3. The Bertz CT molecular complexity index is 493. The third-order valence-electron chi connectivity index (χ3n) is 5.01. The van der Waals surface area contributed by atoms with Crippen LogP contribution in [0.5, 0.6) is 0 Å². The molecule has 0 aromatic heterocycles. The summed E-state index contributed by atoms with van der Waals surface area (Å²) in [5, 5.41) is 14.7. The fourth-order valence-electron chi connectivity index (χ4n) is 3.40. The Labute approximate surface area is 175 Å². The van der Waals surface area contributed by atoms with Gasteiger partial charge in [0.1, 0.15) is 11.9 Å². The van der Waals surface area contributed by atoms with Gasteiger partial charge in [-0.15, -0.1) is 5.92 Å². The van der Waals surface area contributed by atoms with E-state index in [0.717, 1.165) is 19.3 Å². The third-order valence-corrected chi connectivity index (χ3v) is 5.01. The zero-order valence-corrected chi connectivity index (χ0v) is 19.3. The van der Waals surface area contributed by atoms with Crippen molar-refractivity contribution in [3.05, 3.63) is 6.04 Å². The smallest absolute Gasteiger partial charge is 0.478 e. The molecule has 0 heterocycles. The number of aliphatic hydroxyl groups is 1. The van der Waals surface area contributed by atoms with Gasteiger partial charge in [0.2, 0.25) is 5.91 Å². The van der Waals surface area contributed by atoms with E-state index >= 15 is 0 Å². The number of aliphatic hydroxyl groups excluding tert-OH is 1. The molecule has 0 saturated heterocycles. The summed E-state index contributed by atoms with van der Waals surface area (Å²) >= 11 is 0. The van der Waals surface area contributed by atoms with Gasteiger partial charge in [-0.05, 0) is 19.3 Å². The summed E-state index contributed by atoms with van der Waals surface area (Å²) in [6.45, 7) is 6.81. The minimum Gasteiger partial charge on any atom is -0.478 e. The van der Waals surface area contributed by atoms with E-state index in [9.17, 15) is 19.5 Å². The predicted octanol–water partition coefficient (Wildman–Crippen LogP) is 1.25. The van der Waals surface area contributed by atoms with Gasteiger partial charge in [-0.25, -0.2) is 6.04 Å². The zero-order valence-electron chi connectivity index (χ0n) is 16.7. The molecule has 1 saturated carbocycles. The van der Waals surface area contributed by atoms with E-state index in [0.29, 0.717) is 5.92 Å². The Morgan fingerprint density at radius 1 is 1.11 bits per heavy atom. The summed E-state index contributed by atoms with van der Waals surface area (Å²) in [6, 6.07) is -1.02. The van der Waals surface area contributed by atoms with Crippen molar-refractivity contribution in [1.29, 1.82) is 0 Å². The first-order valence-electron chi connectivity index (χ1n) is 9.59. The molecule has 7 nitrogen and oxygen atoms in total. The SMILES string of the molecule is CC(C)[C-](NC(=O)[C@@H](C)CC1CCCCC1)C(=O)N[C@H](C(N)=O)[C@@H](C)O.[Os+]. The first-order valence-corrected chi connectivity index (χ1v) is 9.59. The molecule has 0 aromatic carbocycles. The van der Waals surface area contributed by atoms with Crippen LogP contribution < -0.4 is 16.4 Å². The van der Waals surface area contributed by atoms with Gasteiger partial charge in [0.15, 0.2) is 5.91 Å². The topological polar surface area (TPSA) is 122 Å². The molecule has 0 aromatic rings. The fourth-order valence-corrected chi connectivity index (χ4v) is 3.40. The van der Waals surface area contributed by atoms with Gasteiger partial charge in [0, 0.05) is 5.92 Å². The number of hydrogen-bond donors (Lipinski definition) is 4. The Hall–Kier alpha value is -1.12. The average molecular weight is 559 g/mol. The summed E-state index contributed by atoms with van der Waals surface area (Å²) in [7, 11) is 0. The summed E-state index contributed by atoms with van der Waals surface area (Å²) in [4.78, 5) is 36.4. The molecule has 0 bridgehead atoms. The van der Waals surface area contributed by atoms with Crippen LogP contribution in [0, 0.1) is 23.8 Å². The number of carbonyl (C=O) groups excluding carboxylic acids is 3. The molecule has 1 aliphatic rings. The van der Waals surface area contributed by atoms with E-state index in [1.807, 2.05) is 6.92 Å². The van der Waals surface area contributed by atoms with E-state index in [-0.39, 0.29) is 43.6 Å². The van der Waals surface area contributed by atoms with Crippen molar-refractivity contribution < 1.29 is 39.3 Å². The number of rotatable bonds is 9. The van der Waals surface area contributed by atoms with Gasteiger partial charge in [0.05, 0.1) is 6.10 Å². The normalized spacial score (nSPS) is 18.0. The monoisotopic (exact) mass is 560 g/mol. The number of amides is 3. The number of nitrogens with one attached hydrogen (secondary N) is 2. The number of primary amides is 1. The molecule has 0 unspecified atom stereocenters. The van der Waals surface area contributed by atoms with Gasteiger partial charge in [-0.3, -0.25) is 9.59 Å². The van der Waals surface area contributed by atoms with Crippen LogP contribution in [0.15, 0.2) is 0 Å². The predicted molar refractivity (Wildman–Crippen MR) is 99.4 cm³/mol. The van der Waals surface area contributed by atoms with Gasteiger partial charge in [0.25, 0.3) is 0 Å². The molecule has 0 aliphatic heterocycles. The minimum atomic E-state index is -1.20. The van der Waals surface area contributed by atoms with Crippen LogP contribution in [0.25, 0.3) is 0 Å². The second-order valence-corrected chi connectivity index (χ2v) is 7.79. The quantitative estimate of drug-likeness (QED) is 0.318. The maximum Gasteiger partial charge on any atom is 1.00 e. The van der Waals surface area contributed by atoms with Crippen molar-refractivity contribution in [3.63, 3.8) is 0 Å². The van der Waals surface area contributed by atoms with Crippen LogP contribution in [-0.4, -0.2) is 35.0 Å². The first kappa shape index (κ1) is 25.9. The maximum absolute atomic E-state index is 12.5. The molecule has 27 heavy (non-hydrogen) atoms. The first-order chi connectivity index (χ1) is 12.1. The minimum absolute atomic E-state index is 0. The molecule has 1 fully saturated rings. The molecule has 157 valence electrons. The second kappa shape index (κ2) is 12.4. The Balaban J connectivity index is 0.00000676. The molecular weight excluding hydrogens is 524 g/mol. The van der Waals surface area contributed by atoms with Gasteiger partial charge in [-0.1, -0.05) is 52.9 Å². The van der Waals surface area contributed by atoms with E-state index in [2.05, 4.69) is 10.6 Å². The van der Waals surface area contributed by atoms with Crippen LogP contribution in [0.2, 0.25) is 0 Å². The summed E-state index contributed by atoms with van der Waals surface area (Å²) < 4.78 is 0. The van der Waals surface area contributed by atoms with Crippen LogP contribution in [0.3, 0.4) is 0 Å². The maximum atomic E-state index is 12.5. The fraction of sp³-hybridized carbons (Fsp3) is 0.789. The van der Waals surface area contributed by atoms with Gasteiger partial charge < -0.3 is 26.3 Å².